The highest BCUT2D eigenvalue weighted by atomic mass is 79.9. The zero-order chi connectivity index (χ0) is 21.4. The summed E-state index contributed by atoms with van der Waals surface area (Å²) in [7, 11) is 0. The van der Waals surface area contributed by atoms with Crippen LogP contribution in [-0.4, -0.2) is 27.4 Å². The molecule has 5 nitrogen and oxygen atoms in total. The number of para-hydroxylation sites is 1. The fraction of sp³-hybridized carbons (Fsp3) is 0.348. The van der Waals surface area contributed by atoms with Crippen LogP contribution in [0.4, 0.5) is 11.4 Å². The monoisotopic (exact) mass is 532 g/mol. The molecule has 156 valence electrons. The molecule has 1 N–H and O–H groups in total. The number of aryl methyl sites for hydroxylation is 1. The number of halogens is 2. The summed E-state index contributed by atoms with van der Waals surface area (Å²) < 4.78 is 0. The number of benzene rings is 2. The molecular weight excluding hydrogens is 512 g/mol. The largest absolute Gasteiger partial charge is 0.322 e. The lowest BCUT2D eigenvalue weighted by molar-refractivity contribution is -0.122. The summed E-state index contributed by atoms with van der Waals surface area (Å²) in [5.74, 6) is -1.25. The third kappa shape index (κ3) is 3.85. The van der Waals surface area contributed by atoms with Crippen LogP contribution in [0.1, 0.15) is 35.7 Å². The van der Waals surface area contributed by atoms with Gasteiger partial charge in [0.05, 0.1) is 17.5 Å². The number of hydrogen-bond donors (Lipinski definition) is 1. The highest BCUT2D eigenvalue weighted by molar-refractivity contribution is 9.12. The molecule has 0 aromatic heterocycles. The number of carbonyl (C=O) groups is 3. The molecule has 1 saturated carbocycles. The van der Waals surface area contributed by atoms with Crippen LogP contribution in [0.3, 0.4) is 0 Å². The molecule has 1 aliphatic carbocycles. The number of rotatable bonds is 4. The van der Waals surface area contributed by atoms with E-state index in [1.54, 1.807) is 24.3 Å². The lowest BCUT2D eigenvalue weighted by Crippen LogP contribution is -2.34. The second-order valence-corrected chi connectivity index (χ2v) is 10.1. The molecule has 4 atom stereocenters. The van der Waals surface area contributed by atoms with Gasteiger partial charge in [-0.05, 0) is 49.1 Å². The van der Waals surface area contributed by atoms with Gasteiger partial charge in [-0.1, -0.05) is 63.0 Å². The van der Waals surface area contributed by atoms with Crippen LogP contribution in [0, 0.1) is 11.8 Å². The van der Waals surface area contributed by atoms with E-state index in [1.165, 1.54) is 4.90 Å². The number of fused-ring (bicyclic) bond motifs is 1. The van der Waals surface area contributed by atoms with Crippen LogP contribution in [-0.2, 0) is 16.0 Å². The summed E-state index contributed by atoms with van der Waals surface area (Å²) in [6.45, 7) is 2.03. The molecule has 4 rings (SSSR count). The van der Waals surface area contributed by atoms with Gasteiger partial charge in [0.15, 0.2) is 0 Å². The Bertz CT molecular complexity index is 981. The normalized spacial score (nSPS) is 25.9. The van der Waals surface area contributed by atoms with Crippen LogP contribution >= 0.6 is 31.9 Å². The maximum atomic E-state index is 13.0. The van der Waals surface area contributed by atoms with Crippen LogP contribution < -0.4 is 10.2 Å². The Balaban J connectivity index is 1.58. The summed E-state index contributed by atoms with van der Waals surface area (Å²) in [4.78, 5) is 40.5. The zero-order valence-electron chi connectivity index (χ0n) is 16.5. The maximum Gasteiger partial charge on any atom is 0.255 e. The van der Waals surface area contributed by atoms with Crippen LogP contribution in [0.25, 0.3) is 0 Å². The Morgan fingerprint density at radius 1 is 1.00 bits per heavy atom. The molecule has 2 aromatic carbocycles. The number of nitrogens with one attached hydrogen (secondary N) is 1. The first kappa shape index (κ1) is 21.2. The Morgan fingerprint density at radius 2 is 1.63 bits per heavy atom. The molecule has 0 radical (unpaired) electrons. The van der Waals surface area contributed by atoms with Gasteiger partial charge < -0.3 is 5.32 Å². The highest BCUT2D eigenvalue weighted by Gasteiger charge is 2.52. The van der Waals surface area contributed by atoms with Crippen molar-refractivity contribution in [3.8, 4) is 0 Å². The van der Waals surface area contributed by atoms with E-state index in [4.69, 9.17) is 0 Å². The first-order valence-electron chi connectivity index (χ1n) is 10.1. The average Bonchev–Trinajstić information content (AvgIpc) is 2.98. The molecule has 1 saturated heterocycles. The fourth-order valence-corrected chi connectivity index (χ4v) is 5.52. The van der Waals surface area contributed by atoms with Crippen molar-refractivity contribution in [2.24, 2.45) is 11.8 Å². The molecule has 1 heterocycles. The van der Waals surface area contributed by atoms with E-state index in [-0.39, 0.29) is 39.2 Å². The maximum absolute atomic E-state index is 13.0. The van der Waals surface area contributed by atoms with Crippen LogP contribution in [0.15, 0.2) is 48.5 Å². The zero-order valence-corrected chi connectivity index (χ0v) is 19.6. The number of nitrogens with zero attached hydrogens (tertiary/aromatic N) is 1. The van der Waals surface area contributed by atoms with Gasteiger partial charge in [-0.15, -0.1) is 0 Å². The van der Waals surface area contributed by atoms with Crippen molar-refractivity contribution >= 4 is 61.0 Å². The van der Waals surface area contributed by atoms with Gasteiger partial charge in [-0.2, -0.15) is 0 Å². The number of carbonyl (C=O) groups excluding carboxylic acids is 3. The van der Waals surface area contributed by atoms with Crippen molar-refractivity contribution in [3.63, 3.8) is 0 Å². The van der Waals surface area contributed by atoms with Crippen molar-refractivity contribution in [1.29, 1.82) is 0 Å². The fourth-order valence-electron chi connectivity index (χ4n) is 4.28. The summed E-state index contributed by atoms with van der Waals surface area (Å²) in [5.41, 5.74) is 2.67. The second kappa shape index (κ2) is 8.63. The first-order chi connectivity index (χ1) is 14.4. The average molecular weight is 534 g/mol. The van der Waals surface area contributed by atoms with Gasteiger partial charge >= 0.3 is 0 Å². The highest BCUT2D eigenvalue weighted by Crippen LogP contribution is 2.44. The van der Waals surface area contributed by atoms with Crippen molar-refractivity contribution in [2.75, 3.05) is 10.2 Å². The van der Waals surface area contributed by atoms with E-state index >= 15 is 0 Å². The standard InChI is InChI=1S/C23H22Br2N2O3/c1-2-13-6-3-4-9-20(13)26-21(28)14-7-5-8-15(10-14)27-22(29)16-11-18(24)19(25)12-17(16)23(27)30/h3-10,16-19H,2,11-12H2,1H3,(H,26,28)/t16-,17-,18-,19+/m1/s1. The lowest BCUT2D eigenvalue weighted by Gasteiger charge is -2.29. The van der Waals surface area contributed by atoms with Crippen LogP contribution in [0.5, 0.6) is 0 Å². The minimum atomic E-state index is -0.315. The lowest BCUT2D eigenvalue weighted by atomic mass is 9.81. The topological polar surface area (TPSA) is 66.5 Å². The van der Waals surface area contributed by atoms with E-state index in [2.05, 4.69) is 37.2 Å². The number of amides is 3. The molecular formula is C23H22Br2N2O3. The van der Waals surface area contributed by atoms with Gasteiger partial charge in [0.2, 0.25) is 11.8 Å². The molecule has 2 fully saturated rings. The smallest absolute Gasteiger partial charge is 0.255 e. The molecule has 0 unspecified atom stereocenters. The molecule has 3 amide bonds. The minimum absolute atomic E-state index is 0.159. The molecule has 2 aromatic rings. The van der Waals surface area contributed by atoms with Crippen molar-refractivity contribution < 1.29 is 14.4 Å². The first-order valence-corrected chi connectivity index (χ1v) is 11.9. The van der Waals surface area contributed by atoms with E-state index in [9.17, 15) is 14.4 Å². The third-order valence-corrected chi connectivity index (χ3v) is 8.66. The summed E-state index contributed by atoms with van der Waals surface area (Å²) >= 11 is 7.21. The van der Waals surface area contributed by atoms with Crippen molar-refractivity contribution in [3.05, 3.63) is 59.7 Å². The Labute approximate surface area is 192 Å². The molecule has 1 aliphatic heterocycles. The Morgan fingerprint density at radius 3 is 2.27 bits per heavy atom. The Kier molecular flexibility index (Phi) is 6.11. The molecule has 0 spiro atoms. The molecule has 30 heavy (non-hydrogen) atoms. The van der Waals surface area contributed by atoms with Gasteiger partial charge in [-0.3, -0.25) is 19.3 Å². The van der Waals surface area contributed by atoms with E-state index in [0.717, 1.165) is 17.7 Å². The number of anilines is 2. The summed E-state index contributed by atoms with van der Waals surface area (Å²) in [6, 6.07) is 14.4. The van der Waals surface area contributed by atoms with Gasteiger partial charge in [0, 0.05) is 20.9 Å². The predicted molar refractivity (Wildman–Crippen MR) is 124 cm³/mol. The van der Waals surface area contributed by atoms with Crippen molar-refractivity contribution in [1.82, 2.24) is 0 Å². The minimum Gasteiger partial charge on any atom is -0.322 e. The summed E-state index contributed by atoms with van der Waals surface area (Å²) in [5, 5.41) is 2.94. The number of imide groups is 1. The predicted octanol–water partition coefficient (Wildman–Crippen LogP) is 4.93. The number of alkyl halides is 2. The van der Waals surface area contributed by atoms with Gasteiger partial charge in [0.25, 0.3) is 5.91 Å². The quantitative estimate of drug-likeness (QED) is 0.447. The van der Waals surface area contributed by atoms with Crippen LogP contribution in [0.2, 0.25) is 0 Å². The Hall–Kier alpha value is -1.99. The van der Waals surface area contributed by atoms with Gasteiger partial charge in [0.1, 0.15) is 0 Å². The molecule has 2 aliphatic rings. The van der Waals surface area contributed by atoms with E-state index in [0.29, 0.717) is 24.1 Å². The third-order valence-electron chi connectivity index (χ3n) is 5.92. The SMILES string of the molecule is CCc1ccccc1NC(=O)c1cccc(N2C(=O)[C@@H]3C[C@@H](Br)[C@@H](Br)C[C@H]3C2=O)c1. The number of hydrogen-bond acceptors (Lipinski definition) is 3. The summed E-state index contributed by atoms with van der Waals surface area (Å²) in [6.07, 6.45) is 2.05. The van der Waals surface area contributed by atoms with E-state index in [1.807, 2.05) is 31.2 Å². The van der Waals surface area contributed by atoms with Gasteiger partial charge in [-0.25, -0.2) is 0 Å². The molecule has 7 heteroatoms. The molecule has 0 bridgehead atoms. The second-order valence-electron chi connectivity index (χ2n) is 7.74. The van der Waals surface area contributed by atoms with E-state index < -0.39 is 0 Å². The van der Waals surface area contributed by atoms with Crippen molar-refractivity contribution in [2.45, 2.75) is 35.8 Å².